The van der Waals surface area contributed by atoms with Gasteiger partial charge in [-0.05, 0) is 37.0 Å². The van der Waals surface area contributed by atoms with Crippen LogP contribution in [0.15, 0.2) is 22.7 Å². The van der Waals surface area contributed by atoms with E-state index in [2.05, 4.69) is 39.0 Å². The second-order valence-corrected chi connectivity index (χ2v) is 5.36. The Bertz CT molecular complexity index is 391. The molecule has 1 aromatic carbocycles. The van der Waals surface area contributed by atoms with Gasteiger partial charge in [0.25, 0.3) is 0 Å². The highest BCUT2D eigenvalue weighted by Gasteiger charge is 2.36. The van der Waals surface area contributed by atoms with Crippen molar-refractivity contribution in [3.05, 3.63) is 28.2 Å². The van der Waals surface area contributed by atoms with Gasteiger partial charge in [0.2, 0.25) is 0 Å². The highest BCUT2D eigenvalue weighted by Crippen LogP contribution is 2.39. The molecule has 0 radical (unpaired) electrons. The summed E-state index contributed by atoms with van der Waals surface area (Å²) >= 11 is 3.63. The molecular formula is C12H15BrN2. The van der Waals surface area contributed by atoms with Crippen LogP contribution in [0.4, 0.5) is 5.69 Å². The minimum Gasteiger partial charge on any atom is -0.366 e. The van der Waals surface area contributed by atoms with E-state index in [0.29, 0.717) is 12.1 Å². The van der Waals surface area contributed by atoms with E-state index in [1.54, 1.807) is 0 Å². The molecule has 2 nitrogen and oxygen atoms in total. The van der Waals surface area contributed by atoms with E-state index in [-0.39, 0.29) is 0 Å². The van der Waals surface area contributed by atoms with Gasteiger partial charge in [0.15, 0.2) is 0 Å². The number of benzene rings is 1. The molecule has 3 heteroatoms. The lowest BCUT2D eigenvalue weighted by atomic mass is 9.96. The van der Waals surface area contributed by atoms with Crippen LogP contribution in [0.25, 0.3) is 0 Å². The number of nitrogens with two attached hydrogens (primary N) is 1. The van der Waals surface area contributed by atoms with E-state index in [1.807, 2.05) is 0 Å². The number of nitrogens with zero attached hydrogens (tertiary/aromatic N) is 1. The van der Waals surface area contributed by atoms with E-state index >= 15 is 0 Å². The van der Waals surface area contributed by atoms with E-state index in [1.165, 1.54) is 35.1 Å². The fraction of sp³-hybridized carbons (Fsp3) is 0.500. The monoisotopic (exact) mass is 266 g/mol. The summed E-state index contributed by atoms with van der Waals surface area (Å²) < 4.78 is 1.24. The Morgan fingerprint density at radius 1 is 1.40 bits per heavy atom. The van der Waals surface area contributed by atoms with Crippen molar-refractivity contribution < 1.29 is 0 Å². The summed E-state index contributed by atoms with van der Waals surface area (Å²) in [6.45, 7) is 1.17. The van der Waals surface area contributed by atoms with Crippen LogP contribution in [0.3, 0.4) is 0 Å². The third-order valence-corrected chi connectivity index (χ3v) is 4.39. The molecule has 15 heavy (non-hydrogen) atoms. The summed E-state index contributed by atoms with van der Waals surface area (Å²) in [5.41, 5.74) is 9.03. The molecule has 3 rings (SSSR count). The Morgan fingerprint density at radius 2 is 2.27 bits per heavy atom. The van der Waals surface area contributed by atoms with Gasteiger partial charge in [0, 0.05) is 28.8 Å². The lowest BCUT2D eigenvalue weighted by molar-refractivity contribution is 0.414. The first kappa shape index (κ1) is 9.67. The topological polar surface area (TPSA) is 29.3 Å². The van der Waals surface area contributed by atoms with Crippen molar-refractivity contribution >= 4 is 21.6 Å². The van der Waals surface area contributed by atoms with Crippen molar-refractivity contribution in [3.63, 3.8) is 0 Å². The predicted octanol–water partition coefficient (Wildman–Crippen LogP) is 2.30. The zero-order chi connectivity index (χ0) is 10.4. The van der Waals surface area contributed by atoms with Crippen LogP contribution < -0.4 is 10.6 Å². The van der Waals surface area contributed by atoms with Crippen LogP contribution in [-0.2, 0) is 6.42 Å². The van der Waals surface area contributed by atoms with Gasteiger partial charge >= 0.3 is 0 Å². The summed E-state index contributed by atoms with van der Waals surface area (Å²) in [5, 5.41) is 0. The molecule has 0 aromatic heterocycles. The summed E-state index contributed by atoms with van der Waals surface area (Å²) in [5.74, 6) is 0. The summed E-state index contributed by atoms with van der Waals surface area (Å²) in [4.78, 5) is 2.49. The first-order valence-corrected chi connectivity index (χ1v) is 6.36. The largest absolute Gasteiger partial charge is 0.366 e. The molecule has 0 bridgehead atoms. The average molecular weight is 267 g/mol. The number of piperidine rings is 1. The van der Waals surface area contributed by atoms with Crippen molar-refractivity contribution in [2.24, 2.45) is 5.73 Å². The van der Waals surface area contributed by atoms with Gasteiger partial charge in [-0.25, -0.2) is 0 Å². The van der Waals surface area contributed by atoms with Gasteiger partial charge in [0.1, 0.15) is 0 Å². The number of anilines is 1. The Balaban J connectivity index is 2.04. The van der Waals surface area contributed by atoms with Crippen molar-refractivity contribution in [1.29, 1.82) is 0 Å². The number of rotatable bonds is 0. The molecule has 0 aliphatic carbocycles. The standard InChI is InChI=1S/C12H15BrN2/c13-9-3-1-5-11-8(9)7-12-10(14)4-2-6-15(11)12/h1,3,5,10,12H,2,4,6-7,14H2. The first-order valence-electron chi connectivity index (χ1n) is 5.57. The Hall–Kier alpha value is -0.540. The maximum Gasteiger partial charge on any atom is 0.0482 e. The maximum absolute atomic E-state index is 6.19. The van der Waals surface area contributed by atoms with Gasteiger partial charge in [-0.1, -0.05) is 22.0 Å². The Kier molecular flexibility index (Phi) is 2.25. The summed E-state index contributed by atoms with van der Waals surface area (Å²) in [6, 6.07) is 7.34. The van der Waals surface area contributed by atoms with Crippen LogP contribution in [0.5, 0.6) is 0 Å². The normalized spacial score (nSPS) is 28.8. The van der Waals surface area contributed by atoms with Gasteiger partial charge in [-0.3, -0.25) is 0 Å². The van der Waals surface area contributed by atoms with E-state index in [4.69, 9.17) is 5.73 Å². The predicted molar refractivity (Wildman–Crippen MR) is 66.2 cm³/mol. The van der Waals surface area contributed by atoms with E-state index < -0.39 is 0 Å². The minimum absolute atomic E-state index is 0.345. The fourth-order valence-corrected chi connectivity index (χ4v) is 3.39. The SMILES string of the molecule is NC1CCCN2c3cccc(Br)c3CC12. The Labute approximate surface area is 98.6 Å². The van der Waals surface area contributed by atoms with Gasteiger partial charge < -0.3 is 10.6 Å². The van der Waals surface area contributed by atoms with Crippen LogP contribution in [-0.4, -0.2) is 18.6 Å². The molecule has 2 heterocycles. The molecule has 80 valence electrons. The van der Waals surface area contributed by atoms with Gasteiger partial charge in [-0.15, -0.1) is 0 Å². The number of hydrogen-bond acceptors (Lipinski definition) is 2. The molecule has 2 atom stereocenters. The van der Waals surface area contributed by atoms with E-state index in [0.717, 1.165) is 6.42 Å². The number of fused-ring (bicyclic) bond motifs is 3. The van der Waals surface area contributed by atoms with Crippen LogP contribution in [0.2, 0.25) is 0 Å². The van der Waals surface area contributed by atoms with E-state index in [9.17, 15) is 0 Å². The molecule has 0 amide bonds. The second-order valence-electron chi connectivity index (χ2n) is 4.51. The van der Waals surface area contributed by atoms with Crippen molar-refractivity contribution in [1.82, 2.24) is 0 Å². The highest BCUT2D eigenvalue weighted by molar-refractivity contribution is 9.10. The van der Waals surface area contributed by atoms with Crippen molar-refractivity contribution in [3.8, 4) is 0 Å². The fourth-order valence-electron chi connectivity index (χ4n) is 2.87. The highest BCUT2D eigenvalue weighted by atomic mass is 79.9. The average Bonchev–Trinajstić information content (AvgIpc) is 2.60. The molecule has 2 aliphatic heterocycles. The molecule has 0 spiro atoms. The Morgan fingerprint density at radius 3 is 3.13 bits per heavy atom. The third kappa shape index (κ3) is 1.41. The summed E-state index contributed by atoms with van der Waals surface area (Å²) in [7, 11) is 0. The van der Waals surface area contributed by atoms with Gasteiger partial charge in [0.05, 0.1) is 0 Å². The number of hydrogen-bond donors (Lipinski definition) is 1. The lowest BCUT2D eigenvalue weighted by Crippen LogP contribution is -2.50. The van der Waals surface area contributed by atoms with Crippen molar-refractivity contribution in [2.45, 2.75) is 31.3 Å². The smallest absolute Gasteiger partial charge is 0.0482 e. The zero-order valence-electron chi connectivity index (χ0n) is 8.62. The van der Waals surface area contributed by atoms with Crippen LogP contribution in [0.1, 0.15) is 18.4 Å². The lowest BCUT2D eigenvalue weighted by Gasteiger charge is -2.36. The molecule has 2 aliphatic rings. The zero-order valence-corrected chi connectivity index (χ0v) is 10.2. The first-order chi connectivity index (χ1) is 7.27. The molecule has 1 aromatic rings. The molecular weight excluding hydrogens is 252 g/mol. The van der Waals surface area contributed by atoms with Crippen LogP contribution in [0, 0.1) is 0 Å². The molecule has 2 unspecified atom stereocenters. The van der Waals surface area contributed by atoms with Gasteiger partial charge in [-0.2, -0.15) is 0 Å². The molecule has 0 saturated carbocycles. The summed E-state index contributed by atoms with van der Waals surface area (Å²) in [6.07, 6.45) is 3.51. The molecule has 1 fully saturated rings. The quantitative estimate of drug-likeness (QED) is 0.781. The maximum atomic E-state index is 6.19. The number of halogens is 1. The third-order valence-electron chi connectivity index (χ3n) is 3.65. The molecule has 1 saturated heterocycles. The minimum atomic E-state index is 0.345. The molecule has 2 N–H and O–H groups in total. The van der Waals surface area contributed by atoms with Crippen LogP contribution >= 0.6 is 15.9 Å². The van der Waals surface area contributed by atoms with Crippen molar-refractivity contribution in [2.75, 3.05) is 11.4 Å². The second kappa shape index (κ2) is 3.49.